The Morgan fingerprint density at radius 3 is 2.20 bits per heavy atom. The fourth-order valence-electron chi connectivity index (χ4n) is 1.50. The SMILES string of the molecule is CC(C)C(C)N[C@@H](C)c1ccccc1Cl. The lowest BCUT2D eigenvalue weighted by Crippen LogP contribution is -2.33. The molecule has 1 unspecified atom stereocenters. The third kappa shape index (κ3) is 3.51. The van der Waals surface area contributed by atoms with Crippen LogP contribution in [0.25, 0.3) is 0 Å². The lowest BCUT2D eigenvalue weighted by Gasteiger charge is -2.23. The highest BCUT2D eigenvalue weighted by Crippen LogP contribution is 2.23. The minimum Gasteiger partial charge on any atom is -0.307 e. The Morgan fingerprint density at radius 2 is 1.67 bits per heavy atom. The summed E-state index contributed by atoms with van der Waals surface area (Å²) in [5.41, 5.74) is 1.17. The second kappa shape index (κ2) is 5.53. The van der Waals surface area contributed by atoms with Crippen LogP contribution in [0, 0.1) is 5.92 Å². The maximum absolute atomic E-state index is 6.14. The molecule has 84 valence electrons. The Morgan fingerprint density at radius 1 is 1.07 bits per heavy atom. The Kier molecular flexibility index (Phi) is 4.62. The molecule has 1 aromatic carbocycles. The van der Waals surface area contributed by atoms with E-state index in [9.17, 15) is 0 Å². The summed E-state index contributed by atoms with van der Waals surface area (Å²) in [5, 5.41) is 4.39. The standard InChI is InChI=1S/C13H20ClN/c1-9(2)10(3)15-11(4)12-7-5-6-8-13(12)14/h5-11,15H,1-4H3/t10?,11-/m0/s1. The molecule has 0 amide bonds. The minimum absolute atomic E-state index is 0.302. The monoisotopic (exact) mass is 225 g/mol. The van der Waals surface area contributed by atoms with E-state index < -0.39 is 0 Å². The molecule has 1 nitrogen and oxygen atoms in total. The molecule has 0 bridgehead atoms. The summed E-state index contributed by atoms with van der Waals surface area (Å²) < 4.78 is 0. The van der Waals surface area contributed by atoms with Gasteiger partial charge in [-0.2, -0.15) is 0 Å². The molecule has 15 heavy (non-hydrogen) atoms. The van der Waals surface area contributed by atoms with Crippen molar-refractivity contribution < 1.29 is 0 Å². The van der Waals surface area contributed by atoms with Crippen LogP contribution in [0.4, 0.5) is 0 Å². The van der Waals surface area contributed by atoms with Crippen molar-refractivity contribution in [1.29, 1.82) is 0 Å². The lowest BCUT2D eigenvalue weighted by atomic mass is 10.0. The van der Waals surface area contributed by atoms with E-state index in [2.05, 4.69) is 39.1 Å². The second-order valence-corrected chi connectivity index (χ2v) is 4.85. The minimum atomic E-state index is 0.302. The van der Waals surface area contributed by atoms with Crippen LogP contribution in [0.2, 0.25) is 5.02 Å². The first-order valence-electron chi connectivity index (χ1n) is 5.53. The van der Waals surface area contributed by atoms with Crippen LogP contribution < -0.4 is 5.32 Å². The average molecular weight is 226 g/mol. The molecule has 0 aliphatic heterocycles. The molecule has 1 N–H and O–H groups in total. The van der Waals surface area contributed by atoms with Crippen molar-refractivity contribution in [3.05, 3.63) is 34.9 Å². The maximum Gasteiger partial charge on any atom is 0.0453 e. The molecular formula is C13H20ClN. The van der Waals surface area contributed by atoms with Gasteiger partial charge in [0, 0.05) is 17.1 Å². The highest BCUT2D eigenvalue weighted by Gasteiger charge is 2.13. The van der Waals surface area contributed by atoms with Crippen LogP contribution in [0.15, 0.2) is 24.3 Å². The van der Waals surface area contributed by atoms with Crippen molar-refractivity contribution in [1.82, 2.24) is 5.32 Å². The number of rotatable bonds is 4. The van der Waals surface area contributed by atoms with Gasteiger partial charge in [-0.1, -0.05) is 43.6 Å². The van der Waals surface area contributed by atoms with Gasteiger partial charge in [0.25, 0.3) is 0 Å². The fraction of sp³-hybridized carbons (Fsp3) is 0.538. The summed E-state index contributed by atoms with van der Waals surface area (Å²) in [6, 6.07) is 8.80. The Hall–Kier alpha value is -0.530. The van der Waals surface area contributed by atoms with Crippen molar-refractivity contribution in [2.75, 3.05) is 0 Å². The van der Waals surface area contributed by atoms with Crippen molar-refractivity contribution in [2.24, 2.45) is 5.92 Å². The molecule has 0 saturated carbocycles. The van der Waals surface area contributed by atoms with Crippen LogP contribution in [-0.4, -0.2) is 6.04 Å². The van der Waals surface area contributed by atoms with Crippen molar-refractivity contribution in [3.63, 3.8) is 0 Å². The molecule has 0 spiro atoms. The van der Waals surface area contributed by atoms with E-state index in [0.29, 0.717) is 18.0 Å². The number of halogens is 1. The van der Waals surface area contributed by atoms with E-state index >= 15 is 0 Å². The molecule has 0 saturated heterocycles. The molecular weight excluding hydrogens is 206 g/mol. The highest BCUT2D eigenvalue weighted by molar-refractivity contribution is 6.31. The molecule has 0 aromatic heterocycles. The smallest absolute Gasteiger partial charge is 0.0453 e. The largest absolute Gasteiger partial charge is 0.307 e. The zero-order valence-corrected chi connectivity index (χ0v) is 10.7. The van der Waals surface area contributed by atoms with Gasteiger partial charge in [-0.3, -0.25) is 0 Å². The van der Waals surface area contributed by atoms with Crippen LogP contribution >= 0.6 is 11.6 Å². The molecule has 2 atom stereocenters. The van der Waals surface area contributed by atoms with E-state index in [1.54, 1.807) is 0 Å². The predicted octanol–water partition coefficient (Wildman–Crippen LogP) is 4.04. The number of benzene rings is 1. The topological polar surface area (TPSA) is 12.0 Å². The van der Waals surface area contributed by atoms with Gasteiger partial charge in [0.15, 0.2) is 0 Å². The van der Waals surface area contributed by atoms with Crippen molar-refractivity contribution in [2.45, 2.75) is 39.8 Å². The van der Waals surface area contributed by atoms with Gasteiger partial charge in [0.2, 0.25) is 0 Å². The first kappa shape index (κ1) is 12.5. The van der Waals surface area contributed by atoms with Gasteiger partial charge in [-0.15, -0.1) is 0 Å². The predicted molar refractivity (Wildman–Crippen MR) is 67.3 cm³/mol. The van der Waals surface area contributed by atoms with Crippen LogP contribution in [0.5, 0.6) is 0 Å². The normalized spacial score (nSPS) is 15.3. The van der Waals surface area contributed by atoms with Gasteiger partial charge < -0.3 is 5.32 Å². The number of hydrogen-bond donors (Lipinski definition) is 1. The van der Waals surface area contributed by atoms with E-state index in [4.69, 9.17) is 11.6 Å². The summed E-state index contributed by atoms with van der Waals surface area (Å²) >= 11 is 6.14. The third-order valence-electron chi connectivity index (χ3n) is 2.88. The maximum atomic E-state index is 6.14. The molecule has 0 aliphatic carbocycles. The molecule has 0 fully saturated rings. The summed E-state index contributed by atoms with van der Waals surface area (Å²) in [6.45, 7) is 8.80. The van der Waals surface area contributed by atoms with E-state index in [1.165, 1.54) is 5.56 Å². The van der Waals surface area contributed by atoms with Crippen molar-refractivity contribution >= 4 is 11.6 Å². The van der Waals surface area contributed by atoms with Gasteiger partial charge in [0.1, 0.15) is 0 Å². The summed E-state index contributed by atoms with van der Waals surface area (Å²) in [7, 11) is 0. The first-order chi connectivity index (χ1) is 7.02. The van der Waals surface area contributed by atoms with Gasteiger partial charge in [0.05, 0.1) is 0 Å². The summed E-state index contributed by atoms with van der Waals surface area (Å²) in [6.07, 6.45) is 0. The van der Waals surface area contributed by atoms with Gasteiger partial charge in [-0.05, 0) is 31.4 Å². The zero-order chi connectivity index (χ0) is 11.4. The second-order valence-electron chi connectivity index (χ2n) is 4.44. The third-order valence-corrected chi connectivity index (χ3v) is 3.23. The van der Waals surface area contributed by atoms with Gasteiger partial charge >= 0.3 is 0 Å². The van der Waals surface area contributed by atoms with E-state index in [0.717, 1.165) is 5.02 Å². The van der Waals surface area contributed by atoms with Crippen molar-refractivity contribution in [3.8, 4) is 0 Å². The zero-order valence-electron chi connectivity index (χ0n) is 9.92. The van der Waals surface area contributed by atoms with Crippen LogP contribution in [-0.2, 0) is 0 Å². The first-order valence-corrected chi connectivity index (χ1v) is 5.90. The van der Waals surface area contributed by atoms with E-state index in [-0.39, 0.29) is 0 Å². The molecule has 0 heterocycles. The Bertz CT molecular complexity index is 309. The van der Waals surface area contributed by atoms with Crippen LogP contribution in [0.1, 0.15) is 39.3 Å². The quantitative estimate of drug-likeness (QED) is 0.816. The fourth-order valence-corrected chi connectivity index (χ4v) is 1.80. The molecule has 1 aromatic rings. The molecule has 0 aliphatic rings. The summed E-state index contributed by atoms with van der Waals surface area (Å²) in [5.74, 6) is 0.634. The number of hydrogen-bond acceptors (Lipinski definition) is 1. The Balaban J connectivity index is 2.69. The molecule has 1 rings (SSSR count). The van der Waals surface area contributed by atoms with Gasteiger partial charge in [-0.25, -0.2) is 0 Å². The Labute approximate surface area is 97.8 Å². The van der Waals surface area contributed by atoms with Crippen LogP contribution in [0.3, 0.4) is 0 Å². The number of nitrogens with one attached hydrogen (secondary N) is 1. The lowest BCUT2D eigenvalue weighted by molar-refractivity contribution is 0.389. The summed E-state index contributed by atoms with van der Waals surface area (Å²) in [4.78, 5) is 0. The average Bonchev–Trinajstić information content (AvgIpc) is 2.18. The highest BCUT2D eigenvalue weighted by atomic mass is 35.5. The van der Waals surface area contributed by atoms with E-state index in [1.807, 2.05) is 18.2 Å². The molecule has 0 radical (unpaired) electrons. The molecule has 2 heteroatoms.